The van der Waals surface area contributed by atoms with Gasteiger partial charge in [0.05, 0.1) is 17.1 Å². The van der Waals surface area contributed by atoms with Gasteiger partial charge in [-0.2, -0.15) is 0 Å². The molecule has 0 aliphatic carbocycles. The lowest BCUT2D eigenvalue weighted by atomic mass is 9.99. The lowest BCUT2D eigenvalue weighted by Gasteiger charge is -2.16. The zero-order valence-electron chi connectivity index (χ0n) is 10.9. The van der Waals surface area contributed by atoms with Crippen LogP contribution < -0.4 is 5.32 Å². The fraction of sp³-hybridized carbons (Fsp3) is 0.200. The smallest absolute Gasteiger partial charge is 0.0937 e. The number of nitrogens with zero attached hydrogens (tertiary/aromatic N) is 2. The number of hydrogen-bond donors (Lipinski definition) is 1. The second-order valence-electron chi connectivity index (χ2n) is 4.48. The molecule has 0 radical (unpaired) electrons. The highest BCUT2D eigenvalue weighted by Gasteiger charge is 2.16. The Bertz CT molecular complexity index is 700. The second kappa shape index (κ2) is 5.07. The predicted molar refractivity (Wildman–Crippen MR) is 79.5 cm³/mol. The van der Waals surface area contributed by atoms with Gasteiger partial charge in [-0.05, 0) is 37.0 Å². The van der Waals surface area contributed by atoms with Crippen LogP contribution in [0.5, 0.6) is 0 Å². The highest BCUT2D eigenvalue weighted by molar-refractivity contribution is 7.10. The maximum atomic E-state index is 4.48. The van der Waals surface area contributed by atoms with Crippen LogP contribution in [0.3, 0.4) is 0 Å². The first-order chi connectivity index (χ1) is 9.29. The van der Waals surface area contributed by atoms with Gasteiger partial charge < -0.3 is 5.32 Å². The molecule has 1 atom stereocenters. The summed E-state index contributed by atoms with van der Waals surface area (Å²) in [6.45, 7) is 2.13. The van der Waals surface area contributed by atoms with Gasteiger partial charge in [0.25, 0.3) is 0 Å². The zero-order valence-corrected chi connectivity index (χ0v) is 11.7. The third kappa shape index (κ3) is 2.25. The topological polar surface area (TPSA) is 37.8 Å². The van der Waals surface area contributed by atoms with Crippen LogP contribution in [-0.2, 0) is 0 Å². The molecule has 3 rings (SSSR count). The summed E-state index contributed by atoms with van der Waals surface area (Å²) < 4.78 is 0. The molecule has 3 nitrogen and oxygen atoms in total. The second-order valence-corrected chi connectivity index (χ2v) is 5.60. The number of aryl methyl sites for hydroxylation is 1. The van der Waals surface area contributed by atoms with E-state index in [0.717, 1.165) is 11.0 Å². The van der Waals surface area contributed by atoms with Gasteiger partial charge in [0.2, 0.25) is 0 Å². The summed E-state index contributed by atoms with van der Waals surface area (Å²) in [7, 11) is 1.98. The SMILES string of the molecule is CNC(c1csc(C)c1)c1cccc2nccnc12. The van der Waals surface area contributed by atoms with Crippen LogP contribution in [0.2, 0.25) is 0 Å². The molecule has 0 amide bonds. The van der Waals surface area contributed by atoms with Crippen molar-refractivity contribution in [1.82, 2.24) is 15.3 Å². The molecule has 4 heteroatoms. The van der Waals surface area contributed by atoms with E-state index < -0.39 is 0 Å². The average Bonchev–Trinajstić information content (AvgIpc) is 2.86. The quantitative estimate of drug-likeness (QED) is 0.792. The van der Waals surface area contributed by atoms with Crippen LogP contribution in [0, 0.1) is 6.92 Å². The van der Waals surface area contributed by atoms with Gasteiger partial charge >= 0.3 is 0 Å². The summed E-state index contributed by atoms with van der Waals surface area (Å²) in [6.07, 6.45) is 3.48. The third-order valence-corrected chi connectivity index (χ3v) is 4.09. The van der Waals surface area contributed by atoms with E-state index in [9.17, 15) is 0 Å². The van der Waals surface area contributed by atoms with Gasteiger partial charge in [0.1, 0.15) is 0 Å². The molecule has 0 aliphatic rings. The summed E-state index contributed by atoms with van der Waals surface area (Å²) in [6, 6.07) is 8.53. The number of rotatable bonds is 3. The lowest BCUT2D eigenvalue weighted by molar-refractivity contribution is 0.697. The van der Waals surface area contributed by atoms with Crippen molar-refractivity contribution < 1.29 is 0 Å². The van der Waals surface area contributed by atoms with E-state index in [1.165, 1.54) is 16.0 Å². The number of thiophene rings is 1. The van der Waals surface area contributed by atoms with Gasteiger partial charge in [-0.15, -0.1) is 11.3 Å². The Morgan fingerprint density at radius 2 is 2.05 bits per heavy atom. The molecular weight excluding hydrogens is 254 g/mol. The number of hydrogen-bond acceptors (Lipinski definition) is 4. The fourth-order valence-electron chi connectivity index (χ4n) is 2.36. The highest BCUT2D eigenvalue weighted by atomic mass is 32.1. The predicted octanol–water partition coefficient (Wildman–Crippen LogP) is 3.31. The highest BCUT2D eigenvalue weighted by Crippen LogP contribution is 2.29. The summed E-state index contributed by atoms with van der Waals surface area (Å²) >= 11 is 1.77. The van der Waals surface area contributed by atoms with Crippen LogP contribution >= 0.6 is 11.3 Å². The number of benzene rings is 1. The molecule has 0 spiro atoms. The normalized spacial score (nSPS) is 12.7. The van der Waals surface area contributed by atoms with Gasteiger partial charge in [0.15, 0.2) is 0 Å². The molecule has 3 aromatic rings. The van der Waals surface area contributed by atoms with E-state index in [1.54, 1.807) is 23.7 Å². The lowest BCUT2D eigenvalue weighted by Crippen LogP contribution is -2.17. The van der Waals surface area contributed by atoms with Crippen molar-refractivity contribution in [3.05, 3.63) is 58.0 Å². The van der Waals surface area contributed by atoms with Crippen molar-refractivity contribution in [2.45, 2.75) is 13.0 Å². The number of nitrogens with one attached hydrogen (secondary N) is 1. The molecule has 0 bridgehead atoms. The molecule has 0 saturated heterocycles. The molecule has 1 N–H and O–H groups in total. The van der Waals surface area contributed by atoms with Crippen LogP contribution in [0.1, 0.15) is 22.0 Å². The van der Waals surface area contributed by atoms with E-state index in [4.69, 9.17) is 0 Å². The van der Waals surface area contributed by atoms with E-state index in [-0.39, 0.29) is 6.04 Å². The maximum Gasteiger partial charge on any atom is 0.0937 e. The first-order valence-electron chi connectivity index (χ1n) is 6.21. The van der Waals surface area contributed by atoms with Crippen LogP contribution in [0.4, 0.5) is 0 Å². The minimum atomic E-state index is 0.158. The third-order valence-electron chi connectivity index (χ3n) is 3.21. The van der Waals surface area contributed by atoms with Crippen molar-refractivity contribution >= 4 is 22.4 Å². The van der Waals surface area contributed by atoms with E-state index in [0.29, 0.717) is 0 Å². The molecule has 0 aliphatic heterocycles. The molecule has 2 heterocycles. The summed E-state index contributed by atoms with van der Waals surface area (Å²) in [4.78, 5) is 10.2. The van der Waals surface area contributed by atoms with Crippen LogP contribution in [-0.4, -0.2) is 17.0 Å². The van der Waals surface area contributed by atoms with Gasteiger partial charge in [-0.3, -0.25) is 9.97 Å². The van der Waals surface area contributed by atoms with Crippen LogP contribution in [0.25, 0.3) is 11.0 Å². The largest absolute Gasteiger partial charge is 0.309 e. The van der Waals surface area contributed by atoms with Gasteiger partial charge in [-0.25, -0.2) is 0 Å². The number of para-hydroxylation sites is 1. The maximum absolute atomic E-state index is 4.48. The molecule has 0 saturated carbocycles. The van der Waals surface area contributed by atoms with E-state index >= 15 is 0 Å². The van der Waals surface area contributed by atoms with E-state index in [2.05, 4.69) is 39.7 Å². The van der Waals surface area contributed by atoms with Crippen LogP contribution in [0.15, 0.2) is 42.0 Å². The monoisotopic (exact) mass is 269 g/mol. The number of fused-ring (bicyclic) bond motifs is 1. The first-order valence-corrected chi connectivity index (χ1v) is 7.09. The Labute approximate surface area is 116 Å². The molecule has 2 aromatic heterocycles. The molecule has 1 aromatic carbocycles. The average molecular weight is 269 g/mol. The van der Waals surface area contributed by atoms with Gasteiger partial charge in [0, 0.05) is 22.8 Å². The Hall–Kier alpha value is -1.78. The number of aromatic nitrogens is 2. The zero-order chi connectivity index (χ0) is 13.2. The fourth-order valence-corrected chi connectivity index (χ4v) is 3.10. The molecule has 19 heavy (non-hydrogen) atoms. The van der Waals surface area contributed by atoms with Crippen molar-refractivity contribution in [2.24, 2.45) is 0 Å². The summed E-state index contributed by atoms with van der Waals surface area (Å²) in [5, 5.41) is 5.58. The van der Waals surface area contributed by atoms with Gasteiger partial charge in [-0.1, -0.05) is 12.1 Å². The van der Waals surface area contributed by atoms with Crippen molar-refractivity contribution in [3.8, 4) is 0 Å². The Morgan fingerprint density at radius 1 is 1.21 bits per heavy atom. The summed E-state index contributed by atoms with van der Waals surface area (Å²) in [5.74, 6) is 0. The molecule has 1 unspecified atom stereocenters. The summed E-state index contributed by atoms with van der Waals surface area (Å²) in [5.41, 5.74) is 4.36. The Morgan fingerprint density at radius 3 is 2.79 bits per heavy atom. The standard InChI is InChI=1S/C15H15N3S/c1-10-8-11(9-19-10)14(16-2)12-4-3-5-13-15(12)18-7-6-17-13/h3-9,14,16H,1-2H3. The Balaban J connectivity index is 2.16. The van der Waals surface area contributed by atoms with Crippen molar-refractivity contribution in [3.63, 3.8) is 0 Å². The first kappa shape index (κ1) is 12.3. The van der Waals surface area contributed by atoms with Crippen molar-refractivity contribution in [1.29, 1.82) is 0 Å². The minimum Gasteiger partial charge on any atom is -0.309 e. The molecule has 0 fully saturated rings. The minimum absolute atomic E-state index is 0.158. The van der Waals surface area contributed by atoms with Crippen molar-refractivity contribution in [2.75, 3.05) is 7.05 Å². The van der Waals surface area contributed by atoms with E-state index in [1.807, 2.05) is 19.2 Å². The molecule has 96 valence electrons. The Kier molecular flexibility index (Phi) is 3.27. The molecular formula is C15H15N3S.